The summed E-state index contributed by atoms with van der Waals surface area (Å²) in [5, 5.41) is 10.0. The molecule has 1 aromatic rings. The van der Waals surface area contributed by atoms with Crippen molar-refractivity contribution in [1.82, 2.24) is 4.58 Å². The van der Waals surface area contributed by atoms with E-state index in [0.29, 0.717) is 69.1 Å². The van der Waals surface area contributed by atoms with Gasteiger partial charge >= 0.3 is 5.97 Å². The van der Waals surface area contributed by atoms with E-state index < -0.39 is 37.4 Å². The summed E-state index contributed by atoms with van der Waals surface area (Å²) in [5.74, 6) is -0.682. The monoisotopic (exact) mass is 747 g/mol. The molecule has 3 N–H and O–H groups in total. The second-order valence-corrected chi connectivity index (χ2v) is 15.7. The fourth-order valence-corrected chi connectivity index (χ4v) is 7.52. The topological polar surface area (TPSA) is 184 Å². The number of carboxylic acid groups (broad SMARTS) is 1. The summed E-state index contributed by atoms with van der Waals surface area (Å²) in [4.78, 5) is 12.8. The average Bonchev–Trinajstić information content (AvgIpc) is 3.29. The fourth-order valence-electron chi connectivity index (χ4n) is 6.50. The molecule has 1 atom stereocenters. The first kappa shape index (κ1) is 39.9. The lowest BCUT2D eigenvalue weighted by molar-refractivity contribution is -0.137. The Kier molecular flexibility index (Phi) is 13.8. The van der Waals surface area contributed by atoms with Crippen molar-refractivity contribution in [1.29, 1.82) is 0 Å². The van der Waals surface area contributed by atoms with E-state index in [4.69, 9.17) is 19.0 Å². The van der Waals surface area contributed by atoms with Crippen LogP contribution < -0.4 is 14.8 Å². The van der Waals surface area contributed by atoms with Crippen molar-refractivity contribution in [2.45, 2.75) is 55.8 Å². The van der Waals surface area contributed by atoms with Gasteiger partial charge in [0.2, 0.25) is 5.36 Å². The summed E-state index contributed by atoms with van der Waals surface area (Å²) >= 11 is 0. The minimum atomic E-state index is -4.55. The van der Waals surface area contributed by atoms with Crippen LogP contribution >= 0.6 is 0 Å². The van der Waals surface area contributed by atoms with Crippen LogP contribution in [0.15, 0.2) is 75.9 Å². The molecule has 0 radical (unpaired) electrons. The van der Waals surface area contributed by atoms with Gasteiger partial charge in [-0.3, -0.25) is 13.9 Å². The summed E-state index contributed by atoms with van der Waals surface area (Å²) in [5.41, 5.74) is 2.86. The van der Waals surface area contributed by atoms with Crippen LogP contribution in [0.25, 0.3) is 17.4 Å². The number of hydrogen-bond donors (Lipinski definition) is 3. The molecule has 1 aliphatic carbocycles. The molecule has 0 bridgehead atoms. The highest BCUT2D eigenvalue weighted by Gasteiger charge is 2.43. The third-order valence-electron chi connectivity index (χ3n) is 9.10. The summed E-state index contributed by atoms with van der Waals surface area (Å²) in [7, 11) is -5.49. The molecular formula is C36H47N2O11S2+. The highest BCUT2D eigenvalue weighted by molar-refractivity contribution is 7.86. The number of rotatable bonds is 19. The molecule has 1 unspecified atom stereocenters. The number of fused-ring (bicyclic) bond motifs is 2. The molecule has 0 fully saturated rings. The second kappa shape index (κ2) is 17.6. The highest BCUT2D eigenvalue weighted by Crippen LogP contribution is 2.51. The predicted octanol–water partition coefficient (Wildman–Crippen LogP) is 4.68. The molecule has 0 amide bonds. The first-order valence-electron chi connectivity index (χ1n) is 16.7. The van der Waals surface area contributed by atoms with Crippen LogP contribution in [0.4, 0.5) is 5.69 Å². The maximum Gasteiger partial charge on any atom is 0.303 e. The SMILES string of the molecule is COCC[N+](CCOC)=c1ccc2c(C=CC=C3N(CCCCCC(=O)O)c4ccc(S(=O)(=O)O)cc4C3(C)CCCS(=O)(=O)O)ccoc-2c1. The minimum absolute atomic E-state index is 0.0459. The van der Waals surface area contributed by atoms with Gasteiger partial charge in [-0.05, 0) is 80.1 Å². The Morgan fingerprint density at radius 2 is 1.69 bits per heavy atom. The van der Waals surface area contributed by atoms with E-state index in [9.17, 15) is 30.7 Å². The molecule has 0 saturated carbocycles. The second-order valence-electron chi connectivity index (χ2n) is 12.7. The van der Waals surface area contributed by atoms with E-state index in [0.717, 1.165) is 22.2 Å². The number of allylic oxidation sites excluding steroid dienone is 3. The predicted molar refractivity (Wildman–Crippen MR) is 194 cm³/mol. The number of ether oxygens (including phenoxy) is 2. The Bertz CT molecular complexity index is 1990. The third-order valence-corrected chi connectivity index (χ3v) is 10.8. The van der Waals surface area contributed by atoms with Gasteiger partial charge in [0, 0.05) is 55.6 Å². The summed E-state index contributed by atoms with van der Waals surface area (Å²) < 4.78 is 85.7. The standard InChI is InChI=1S/C36H46N2O11S2/c1-36(17-8-24-50(41,42)43)31-26-29(51(44,45)46)13-15-32(31)38(18-6-4-5-11-35(39)40)34(36)10-7-9-27-16-21-49-33-25-28(12-14-30(27)33)37(19-22-47-2)20-23-48-3/h7,9-10,12-16,21,25-26H,4-6,8,11,17-20,22-24H2,1-3H3,(H2-,39,40,41,42,43,44,45,46)/p+1. The molecule has 0 spiro atoms. The van der Waals surface area contributed by atoms with Gasteiger partial charge in [0.1, 0.15) is 19.0 Å². The van der Waals surface area contributed by atoms with Gasteiger partial charge in [-0.2, -0.15) is 16.8 Å². The number of nitrogens with zero attached hydrogens (tertiary/aromatic N) is 2. The van der Waals surface area contributed by atoms with E-state index in [-0.39, 0.29) is 24.2 Å². The number of benzene rings is 2. The molecular weight excluding hydrogens is 701 g/mol. The fraction of sp³-hybridized carbons (Fsp3) is 0.444. The molecule has 3 aliphatic rings. The van der Waals surface area contributed by atoms with E-state index >= 15 is 0 Å². The number of hydrogen-bond acceptors (Lipinski definition) is 9. The zero-order valence-corrected chi connectivity index (χ0v) is 30.8. The van der Waals surface area contributed by atoms with E-state index in [1.54, 1.807) is 26.5 Å². The molecule has 13 nitrogen and oxygen atoms in total. The van der Waals surface area contributed by atoms with Gasteiger partial charge in [0.25, 0.3) is 20.2 Å². The maximum atomic E-state index is 12.2. The molecule has 2 heterocycles. The third kappa shape index (κ3) is 10.6. The van der Waals surface area contributed by atoms with Crippen molar-refractivity contribution < 1.29 is 49.7 Å². The van der Waals surface area contributed by atoms with Crippen molar-refractivity contribution in [3.05, 3.63) is 83.1 Å². The Morgan fingerprint density at radius 1 is 0.961 bits per heavy atom. The molecule has 0 saturated heterocycles. The van der Waals surface area contributed by atoms with Crippen LogP contribution in [0.3, 0.4) is 0 Å². The largest absolute Gasteiger partial charge is 0.481 e. The van der Waals surface area contributed by atoms with Crippen molar-refractivity contribution in [2.24, 2.45) is 0 Å². The minimum Gasteiger partial charge on any atom is -0.481 e. The average molecular weight is 748 g/mol. The van der Waals surface area contributed by atoms with Crippen LogP contribution in [-0.4, -0.2) is 89.8 Å². The lowest BCUT2D eigenvalue weighted by Gasteiger charge is -2.30. The zero-order valence-electron chi connectivity index (χ0n) is 29.2. The molecule has 51 heavy (non-hydrogen) atoms. The van der Waals surface area contributed by atoms with E-state index in [2.05, 4.69) is 4.58 Å². The van der Waals surface area contributed by atoms with Gasteiger partial charge in [0.05, 0.1) is 23.0 Å². The van der Waals surface area contributed by atoms with E-state index in [1.165, 1.54) is 12.1 Å². The molecule has 0 aromatic heterocycles. The van der Waals surface area contributed by atoms with E-state index in [1.807, 2.05) is 54.3 Å². The van der Waals surface area contributed by atoms with Crippen LogP contribution in [0.1, 0.15) is 56.6 Å². The highest BCUT2D eigenvalue weighted by atomic mass is 32.2. The van der Waals surface area contributed by atoms with Gasteiger partial charge in [-0.1, -0.05) is 18.6 Å². The lowest BCUT2D eigenvalue weighted by atomic mass is 9.77. The van der Waals surface area contributed by atoms with Crippen molar-refractivity contribution in [2.75, 3.05) is 57.7 Å². The Morgan fingerprint density at radius 3 is 2.33 bits per heavy atom. The normalized spacial score (nSPS) is 17.1. The summed E-state index contributed by atoms with van der Waals surface area (Å²) in [6.07, 6.45) is 9.44. The summed E-state index contributed by atoms with van der Waals surface area (Å²) in [6, 6.07) is 12.2. The van der Waals surface area contributed by atoms with Gasteiger partial charge in [-0.15, -0.1) is 0 Å². The molecule has 4 rings (SSSR count). The quantitative estimate of drug-likeness (QED) is 0.0876. The Hall–Kier alpha value is -3.86. The number of carboxylic acids is 1. The smallest absolute Gasteiger partial charge is 0.303 e. The molecule has 15 heteroatoms. The zero-order chi connectivity index (χ0) is 37.2. The number of unbranched alkanes of at least 4 members (excludes halogenated alkanes) is 2. The van der Waals surface area contributed by atoms with Crippen LogP contribution in [-0.2, 0) is 39.9 Å². The van der Waals surface area contributed by atoms with Crippen LogP contribution in [0, 0.1) is 0 Å². The van der Waals surface area contributed by atoms with Gasteiger partial charge in [-0.25, -0.2) is 4.58 Å². The maximum absolute atomic E-state index is 12.2. The van der Waals surface area contributed by atoms with Crippen molar-refractivity contribution in [3.8, 4) is 11.3 Å². The molecule has 1 aromatic carbocycles. The van der Waals surface area contributed by atoms with Gasteiger partial charge in [0.15, 0.2) is 13.1 Å². The first-order valence-corrected chi connectivity index (χ1v) is 19.8. The van der Waals surface area contributed by atoms with Crippen molar-refractivity contribution >= 4 is 38.0 Å². The lowest BCUT2D eigenvalue weighted by Crippen LogP contribution is -2.35. The Labute approximate surface area is 299 Å². The number of aliphatic carboxylic acids is 1. The molecule has 278 valence electrons. The Balaban J connectivity index is 1.78. The number of anilines is 1. The molecule has 2 aliphatic heterocycles. The van der Waals surface area contributed by atoms with Gasteiger partial charge < -0.3 is 23.9 Å². The number of carbonyl (C=O) groups is 1. The van der Waals surface area contributed by atoms with Crippen molar-refractivity contribution in [3.63, 3.8) is 0 Å². The van der Waals surface area contributed by atoms with Crippen LogP contribution in [0.2, 0.25) is 0 Å². The summed E-state index contributed by atoms with van der Waals surface area (Å²) in [6.45, 7) is 4.79. The van der Waals surface area contributed by atoms with Crippen LogP contribution in [0.5, 0.6) is 0 Å². The first-order chi connectivity index (χ1) is 24.2. The number of methoxy groups -OCH3 is 2.